The summed E-state index contributed by atoms with van der Waals surface area (Å²) in [6, 6.07) is 24.2. The smallest absolute Gasteiger partial charge is 0.408 e. The number of rotatable bonds is 11. The van der Waals surface area contributed by atoms with E-state index < -0.39 is 44.9 Å². The highest BCUT2D eigenvalue weighted by molar-refractivity contribution is 8.03. The predicted molar refractivity (Wildman–Crippen MR) is 169 cm³/mol. The lowest BCUT2D eigenvalue weighted by Crippen LogP contribution is -2.59. The number of benzene rings is 3. The van der Waals surface area contributed by atoms with Crippen molar-refractivity contribution >= 4 is 39.8 Å². The van der Waals surface area contributed by atoms with E-state index >= 15 is 0 Å². The second-order valence-corrected chi connectivity index (χ2v) is 13.4. The number of thioether (sulfide) groups is 1. The highest BCUT2D eigenvalue weighted by atomic mass is 32.2. The Kier molecular flexibility index (Phi) is 10.0. The Bertz CT molecular complexity index is 1520. The summed E-state index contributed by atoms with van der Waals surface area (Å²) in [7, 11) is -4.42. The number of hydrogen-bond acceptors (Lipinski definition) is 7. The van der Waals surface area contributed by atoms with Crippen LogP contribution in [0.15, 0.2) is 96.5 Å². The van der Waals surface area contributed by atoms with Crippen molar-refractivity contribution in [1.29, 1.82) is 0 Å². The van der Waals surface area contributed by atoms with Crippen LogP contribution in [0, 0.1) is 0 Å². The number of anilines is 1. The van der Waals surface area contributed by atoms with Crippen LogP contribution in [0.5, 0.6) is 0 Å². The average Bonchev–Trinajstić information content (AvgIpc) is 3.44. The first-order valence-electron chi connectivity index (χ1n) is 13.7. The van der Waals surface area contributed by atoms with Gasteiger partial charge in [0.15, 0.2) is 0 Å². The predicted octanol–water partition coefficient (Wildman–Crippen LogP) is 4.73. The lowest BCUT2D eigenvalue weighted by Gasteiger charge is -2.39. The molecule has 3 aromatic rings. The molecule has 2 amide bonds. The molecular formula is C31H36N4O6S2. The van der Waals surface area contributed by atoms with E-state index in [2.05, 4.69) is 16.0 Å². The topological polar surface area (TPSA) is 146 Å². The molecule has 12 heteroatoms. The van der Waals surface area contributed by atoms with E-state index in [1.165, 1.54) is 23.9 Å². The third kappa shape index (κ3) is 9.24. The minimum Gasteiger partial charge on any atom is -0.444 e. The fourth-order valence-electron chi connectivity index (χ4n) is 4.73. The fourth-order valence-corrected chi connectivity index (χ4v) is 6.22. The molecule has 1 aliphatic rings. The lowest BCUT2D eigenvalue weighted by atomic mass is 9.92. The summed E-state index contributed by atoms with van der Waals surface area (Å²) in [5.41, 5.74) is 2.05. The van der Waals surface area contributed by atoms with Crippen LogP contribution in [0.4, 0.5) is 10.5 Å². The molecule has 0 saturated carbocycles. The standard InChI is InChI=1S/C31H36N4O6S2/c1-30(2,3)41-29(37)33-26(20-22-10-6-4-7-11-22)28(36)34-27(21-23-14-16-25(17-15-23)35-43(38,39)40)31(32-18-19-42-31)24-12-8-5-9-13-24/h4-19,26-27,32,35H,20-21H2,1-3H3,(H,33,37)(H,34,36)(H,38,39,40)/t26?,27-,31-/m0/s1. The molecule has 1 aliphatic heterocycles. The van der Waals surface area contributed by atoms with Gasteiger partial charge in [-0.15, -0.1) is 0 Å². The van der Waals surface area contributed by atoms with Gasteiger partial charge in [0.25, 0.3) is 0 Å². The number of nitrogens with one attached hydrogen (secondary N) is 4. The van der Waals surface area contributed by atoms with E-state index in [1.807, 2.05) is 77.0 Å². The maximum absolute atomic E-state index is 14.0. The minimum absolute atomic E-state index is 0.198. The average molecular weight is 625 g/mol. The van der Waals surface area contributed by atoms with Gasteiger partial charge in [-0.05, 0) is 61.4 Å². The minimum atomic E-state index is -4.42. The van der Waals surface area contributed by atoms with Crippen molar-refractivity contribution in [3.63, 3.8) is 0 Å². The summed E-state index contributed by atoms with van der Waals surface area (Å²) in [6.45, 7) is 5.27. The molecule has 0 fully saturated rings. The van der Waals surface area contributed by atoms with Gasteiger partial charge < -0.3 is 20.7 Å². The Hall–Kier alpha value is -4.00. The molecule has 1 unspecified atom stereocenters. The van der Waals surface area contributed by atoms with Crippen LogP contribution in [0.25, 0.3) is 0 Å². The van der Waals surface area contributed by atoms with Gasteiger partial charge >= 0.3 is 16.4 Å². The summed E-state index contributed by atoms with van der Waals surface area (Å²) in [5.74, 6) is -0.394. The first kappa shape index (κ1) is 31.9. The Morgan fingerprint density at radius 1 is 0.907 bits per heavy atom. The number of alkyl carbamates (subject to hydrolysis) is 1. The Balaban J connectivity index is 1.66. The fraction of sp³-hybridized carbons (Fsp3) is 0.290. The zero-order valence-electron chi connectivity index (χ0n) is 24.1. The molecule has 3 aromatic carbocycles. The summed E-state index contributed by atoms with van der Waals surface area (Å²) in [6.07, 6.45) is 1.72. The molecular weight excluding hydrogens is 588 g/mol. The van der Waals surface area contributed by atoms with E-state index in [0.29, 0.717) is 6.42 Å². The van der Waals surface area contributed by atoms with Crippen molar-refractivity contribution in [2.24, 2.45) is 0 Å². The van der Waals surface area contributed by atoms with E-state index in [0.717, 1.165) is 16.7 Å². The number of carbonyl (C=O) groups is 2. The molecule has 10 nitrogen and oxygen atoms in total. The quantitative estimate of drug-likeness (QED) is 0.193. The molecule has 3 atom stereocenters. The highest BCUT2D eigenvalue weighted by Crippen LogP contribution is 2.42. The number of amides is 2. The highest BCUT2D eigenvalue weighted by Gasteiger charge is 2.44. The second-order valence-electron chi connectivity index (χ2n) is 11.1. The SMILES string of the molecule is CC(C)(C)OC(=O)NC(Cc1ccccc1)C(=O)N[C@@H](Cc1ccc(NS(=O)(=O)O)cc1)[C@@]1(c2ccccc2)NC=CS1. The molecule has 228 valence electrons. The zero-order valence-corrected chi connectivity index (χ0v) is 25.7. The summed E-state index contributed by atoms with van der Waals surface area (Å²) >= 11 is 1.52. The van der Waals surface area contributed by atoms with Crippen LogP contribution >= 0.6 is 11.8 Å². The van der Waals surface area contributed by atoms with Crippen LogP contribution in [-0.2, 0) is 37.5 Å². The second kappa shape index (κ2) is 13.5. The van der Waals surface area contributed by atoms with Gasteiger partial charge in [-0.1, -0.05) is 84.6 Å². The molecule has 43 heavy (non-hydrogen) atoms. The van der Waals surface area contributed by atoms with Crippen LogP contribution in [-0.4, -0.2) is 42.7 Å². The third-order valence-corrected chi connectivity index (χ3v) is 8.34. The van der Waals surface area contributed by atoms with Gasteiger partial charge in [0.1, 0.15) is 16.5 Å². The zero-order chi connectivity index (χ0) is 31.1. The summed E-state index contributed by atoms with van der Waals surface area (Å²) in [4.78, 5) is 26.1. The Morgan fingerprint density at radius 2 is 1.51 bits per heavy atom. The summed E-state index contributed by atoms with van der Waals surface area (Å²) < 4.78 is 39.1. The first-order valence-corrected chi connectivity index (χ1v) is 16.0. The third-order valence-electron chi connectivity index (χ3n) is 6.56. The van der Waals surface area contributed by atoms with Gasteiger partial charge in [-0.2, -0.15) is 8.42 Å². The Labute approximate surface area is 256 Å². The van der Waals surface area contributed by atoms with Crippen LogP contribution in [0.3, 0.4) is 0 Å². The van der Waals surface area contributed by atoms with E-state index in [-0.39, 0.29) is 12.1 Å². The van der Waals surface area contributed by atoms with Crippen molar-refractivity contribution in [3.8, 4) is 0 Å². The van der Waals surface area contributed by atoms with Crippen molar-refractivity contribution in [2.45, 2.75) is 56.2 Å². The van der Waals surface area contributed by atoms with Gasteiger partial charge in [0, 0.05) is 12.6 Å². The molecule has 4 rings (SSSR count). The molecule has 0 radical (unpaired) electrons. The molecule has 0 aromatic heterocycles. The lowest BCUT2D eigenvalue weighted by molar-refractivity contribution is -0.124. The number of hydrogen-bond donors (Lipinski definition) is 5. The number of ether oxygens (including phenoxy) is 1. The normalized spacial score (nSPS) is 17.8. The van der Waals surface area contributed by atoms with Gasteiger partial charge in [0.2, 0.25) is 5.91 Å². The largest absolute Gasteiger partial charge is 0.444 e. The van der Waals surface area contributed by atoms with Crippen molar-refractivity contribution in [2.75, 3.05) is 4.72 Å². The molecule has 5 N–H and O–H groups in total. The van der Waals surface area contributed by atoms with Crippen molar-refractivity contribution < 1.29 is 27.3 Å². The summed E-state index contributed by atoms with van der Waals surface area (Å²) in [5, 5.41) is 11.3. The van der Waals surface area contributed by atoms with Crippen LogP contribution in [0.1, 0.15) is 37.5 Å². The monoisotopic (exact) mass is 624 g/mol. The van der Waals surface area contributed by atoms with Gasteiger partial charge in [-0.25, -0.2) is 4.79 Å². The van der Waals surface area contributed by atoms with Gasteiger partial charge in [-0.3, -0.25) is 14.1 Å². The first-order chi connectivity index (χ1) is 20.3. The maximum Gasteiger partial charge on any atom is 0.408 e. The van der Waals surface area contributed by atoms with Crippen molar-refractivity contribution in [1.82, 2.24) is 16.0 Å². The number of carbonyl (C=O) groups excluding carboxylic acids is 2. The maximum atomic E-state index is 14.0. The van der Waals surface area contributed by atoms with Crippen LogP contribution in [0.2, 0.25) is 0 Å². The molecule has 0 aliphatic carbocycles. The molecule has 0 saturated heterocycles. The van der Waals surface area contributed by atoms with Crippen LogP contribution < -0.4 is 20.7 Å². The molecule has 0 bridgehead atoms. The van der Waals surface area contributed by atoms with E-state index in [9.17, 15) is 18.0 Å². The molecule has 1 heterocycles. The van der Waals surface area contributed by atoms with Crippen molar-refractivity contribution in [3.05, 3.63) is 113 Å². The van der Waals surface area contributed by atoms with Gasteiger partial charge in [0.05, 0.1) is 11.7 Å². The van der Waals surface area contributed by atoms with E-state index in [4.69, 9.17) is 9.29 Å². The van der Waals surface area contributed by atoms with E-state index in [1.54, 1.807) is 32.9 Å². The Morgan fingerprint density at radius 3 is 2.07 bits per heavy atom. The molecule has 0 spiro atoms.